The van der Waals surface area contributed by atoms with Crippen LogP contribution in [0.15, 0.2) is 42.0 Å². The second-order valence-corrected chi connectivity index (χ2v) is 8.78. The number of carbonyl (C=O) groups is 2. The van der Waals surface area contributed by atoms with Crippen LogP contribution >= 0.6 is 0 Å². The topological polar surface area (TPSA) is 49.4 Å². The van der Waals surface area contributed by atoms with E-state index in [2.05, 4.69) is 32.2 Å². The molecule has 4 nitrogen and oxygen atoms in total. The van der Waals surface area contributed by atoms with E-state index < -0.39 is 0 Å². The first-order valence-electron chi connectivity index (χ1n) is 10.7. The minimum atomic E-state index is -0.0134. The van der Waals surface area contributed by atoms with Gasteiger partial charge < -0.3 is 10.2 Å². The molecule has 1 aliphatic heterocycles. The highest BCUT2D eigenvalue weighted by Crippen LogP contribution is 2.39. The van der Waals surface area contributed by atoms with Crippen LogP contribution in [0.4, 0.5) is 0 Å². The Morgan fingerprint density at radius 1 is 1.14 bits per heavy atom. The van der Waals surface area contributed by atoms with Crippen molar-refractivity contribution in [1.82, 2.24) is 10.2 Å². The third kappa shape index (κ3) is 5.03. The average molecular weight is 383 g/mol. The number of rotatable bonds is 6. The standard InChI is InChI=1S/C24H34N2O2/c1-17(2)22-14-20(15-23(27)26-11-7-8-12-26)18(3)13-21(22)16-25-24(28)19-9-5-4-6-10-19/h4-6,9-10,13,17,20-22H,7-8,11-12,14-16H2,1-3H3,(H,25,28). The number of allylic oxidation sites excluding steroid dienone is 1. The third-order valence-electron chi connectivity index (χ3n) is 6.50. The second-order valence-electron chi connectivity index (χ2n) is 8.78. The Labute approximate surface area is 169 Å². The van der Waals surface area contributed by atoms with E-state index in [0.29, 0.717) is 48.1 Å². The summed E-state index contributed by atoms with van der Waals surface area (Å²) < 4.78 is 0. The number of likely N-dealkylation sites (tertiary alicyclic amines) is 1. The largest absolute Gasteiger partial charge is 0.351 e. The molecule has 1 aromatic rings. The summed E-state index contributed by atoms with van der Waals surface area (Å²) in [5.41, 5.74) is 2.01. The Morgan fingerprint density at radius 3 is 2.46 bits per heavy atom. The highest BCUT2D eigenvalue weighted by atomic mass is 16.2. The van der Waals surface area contributed by atoms with Crippen molar-refractivity contribution in [2.24, 2.45) is 23.7 Å². The molecule has 3 rings (SSSR count). The third-order valence-corrected chi connectivity index (χ3v) is 6.50. The molecule has 1 fully saturated rings. The molecule has 1 heterocycles. The van der Waals surface area contributed by atoms with Gasteiger partial charge in [0.15, 0.2) is 0 Å². The molecule has 0 saturated carbocycles. The van der Waals surface area contributed by atoms with Gasteiger partial charge in [0.2, 0.25) is 5.91 Å². The summed E-state index contributed by atoms with van der Waals surface area (Å²) in [7, 11) is 0. The fourth-order valence-corrected chi connectivity index (χ4v) is 4.72. The molecule has 0 bridgehead atoms. The van der Waals surface area contributed by atoms with Crippen molar-refractivity contribution >= 4 is 11.8 Å². The Bertz CT molecular complexity index is 705. The lowest BCUT2D eigenvalue weighted by Gasteiger charge is -2.37. The number of hydrogen-bond donors (Lipinski definition) is 1. The fraction of sp³-hybridized carbons (Fsp3) is 0.583. The summed E-state index contributed by atoms with van der Waals surface area (Å²) in [6, 6.07) is 9.38. The first-order chi connectivity index (χ1) is 13.5. The fourth-order valence-electron chi connectivity index (χ4n) is 4.72. The summed E-state index contributed by atoms with van der Waals surface area (Å²) in [4.78, 5) is 27.1. The van der Waals surface area contributed by atoms with Gasteiger partial charge in [0.05, 0.1) is 0 Å². The molecule has 3 atom stereocenters. The summed E-state index contributed by atoms with van der Waals surface area (Å²) in [6.45, 7) is 9.17. The SMILES string of the molecule is CC1=CC(CNC(=O)c2ccccc2)C(C(C)C)CC1CC(=O)N1CCCC1. The quantitative estimate of drug-likeness (QED) is 0.747. The Morgan fingerprint density at radius 2 is 1.82 bits per heavy atom. The van der Waals surface area contributed by atoms with Gasteiger partial charge in [-0.25, -0.2) is 0 Å². The summed E-state index contributed by atoms with van der Waals surface area (Å²) >= 11 is 0. The predicted octanol–water partition coefficient (Wildman–Crippen LogP) is 4.28. The Balaban J connectivity index is 1.63. The zero-order valence-electron chi connectivity index (χ0n) is 17.5. The normalized spacial score (nSPS) is 24.9. The van der Waals surface area contributed by atoms with Gasteiger partial charge in [-0.2, -0.15) is 0 Å². The predicted molar refractivity (Wildman–Crippen MR) is 113 cm³/mol. The summed E-state index contributed by atoms with van der Waals surface area (Å²) in [5, 5.41) is 3.12. The molecule has 2 aliphatic rings. The molecular weight excluding hydrogens is 348 g/mol. The second kappa shape index (κ2) is 9.40. The van der Waals surface area contributed by atoms with Crippen molar-refractivity contribution in [2.75, 3.05) is 19.6 Å². The number of carbonyl (C=O) groups excluding carboxylic acids is 2. The summed E-state index contributed by atoms with van der Waals surface area (Å²) in [5.74, 6) is 1.96. The molecule has 1 saturated heterocycles. The van der Waals surface area contributed by atoms with Crippen LogP contribution < -0.4 is 5.32 Å². The van der Waals surface area contributed by atoms with Gasteiger partial charge >= 0.3 is 0 Å². The van der Waals surface area contributed by atoms with Gasteiger partial charge in [-0.15, -0.1) is 0 Å². The number of nitrogens with zero attached hydrogens (tertiary/aromatic N) is 1. The van der Waals surface area contributed by atoms with Crippen molar-refractivity contribution in [3.63, 3.8) is 0 Å². The number of nitrogens with one attached hydrogen (secondary N) is 1. The molecule has 28 heavy (non-hydrogen) atoms. The van der Waals surface area contributed by atoms with Crippen LogP contribution in [0.1, 0.15) is 56.8 Å². The van der Waals surface area contributed by atoms with E-state index in [1.807, 2.05) is 35.2 Å². The van der Waals surface area contributed by atoms with E-state index in [-0.39, 0.29) is 5.91 Å². The molecule has 1 N–H and O–H groups in total. The highest BCUT2D eigenvalue weighted by Gasteiger charge is 2.33. The van der Waals surface area contributed by atoms with E-state index >= 15 is 0 Å². The lowest BCUT2D eigenvalue weighted by Crippen LogP contribution is -2.38. The number of benzene rings is 1. The molecule has 0 spiro atoms. The zero-order valence-corrected chi connectivity index (χ0v) is 17.5. The van der Waals surface area contributed by atoms with Crippen LogP contribution in [-0.2, 0) is 4.79 Å². The lowest BCUT2D eigenvalue weighted by molar-refractivity contribution is -0.131. The highest BCUT2D eigenvalue weighted by molar-refractivity contribution is 5.94. The molecule has 0 radical (unpaired) electrons. The maximum absolute atomic E-state index is 12.6. The van der Waals surface area contributed by atoms with Crippen LogP contribution in [0.2, 0.25) is 0 Å². The average Bonchev–Trinajstić information content (AvgIpc) is 3.23. The Kier molecular flexibility index (Phi) is 6.93. The molecule has 3 unspecified atom stereocenters. The van der Waals surface area contributed by atoms with Crippen molar-refractivity contribution in [2.45, 2.75) is 46.5 Å². The molecule has 4 heteroatoms. The Hall–Kier alpha value is -2.10. The van der Waals surface area contributed by atoms with E-state index in [1.165, 1.54) is 5.57 Å². The van der Waals surface area contributed by atoms with Crippen molar-refractivity contribution in [1.29, 1.82) is 0 Å². The molecule has 1 aliphatic carbocycles. The molecule has 1 aromatic carbocycles. The van der Waals surface area contributed by atoms with Crippen LogP contribution in [-0.4, -0.2) is 36.3 Å². The van der Waals surface area contributed by atoms with E-state index in [1.54, 1.807) is 0 Å². The first kappa shape index (κ1) is 20.6. The molecular formula is C24H34N2O2. The van der Waals surface area contributed by atoms with Gasteiger partial charge in [0.25, 0.3) is 5.91 Å². The number of hydrogen-bond acceptors (Lipinski definition) is 2. The van der Waals surface area contributed by atoms with Crippen LogP contribution in [0.3, 0.4) is 0 Å². The first-order valence-corrected chi connectivity index (χ1v) is 10.7. The van der Waals surface area contributed by atoms with Gasteiger partial charge in [0, 0.05) is 31.6 Å². The zero-order chi connectivity index (χ0) is 20.1. The molecule has 2 amide bonds. The molecule has 0 aromatic heterocycles. The number of amides is 2. The van der Waals surface area contributed by atoms with Crippen molar-refractivity contribution in [3.05, 3.63) is 47.5 Å². The minimum Gasteiger partial charge on any atom is -0.351 e. The van der Waals surface area contributed by atoms with Crippen LogP contribution in [0.25, 0.3) is 0 Å². The lowest BCUT2D eigenvalue weighted by atomic mass is 9.69. The van der Waals surface area contributed by atoms with Gasteiger partial charge in [0.1, 0.15) is 0 Å². The minimum absolute atomic E-state index is 0.0134. The van der Waals surface area contributed by atoms with Crippen LogP contribution in [0.5, 0.6) is 0 Å². The van der Waals surface area contributed by atoms with Gasteiger partial charge in [-0.1, -0.05) is 43.7 Å². The maximum atomic E-state index is 12.6. The van der Waals surface area contributed by atoms with Crippen molar-refractivity contribution in [3.8, 4) is 0 Å². The van der Waals surface area contributed by atoms with E-state index in [4.69, 9.17) is 0 Å². The van der Waals surface area contributed by atoms with Crippen LogP contribution in [0, 0.1) is 23.7 Å². The van der Waals surface area contributed by atoms with E-state index in [9.17, 15) is 9.59 Å². The van der Waals surface area contributed by atoms with Crippen molar-refractivity contribution < 1.29 is 9.59 Å². The van der Waals surface area contributed by atoms with Gasteiger partial charge in [-0.05, 0) is 62.0 Å². The summed E-state index contributed by atoms with van der Waals surface area (Å²) in [6.07, 6.45) is 6.27. The maximum Gasteiger partial charge on any atom is 0.251 e. The van der Waals surface area contributed by atoms with E-state index in [0.717, 1.165) is 32.4 Å². The monoisotopic (exact) mass is 382 g/mol. The van der Waals surface area contributed by atoms with Gasteiger partial charge in [-0.3, -0.25) is 9.59 Å². The smallest absolute Gasteiger partial charge is 0.251 e. The molecule has 152 valence electrons.